The molecule has 0 radical (unpaired) electrons. The van der Waals surface area contributed by atoms with E-state index in [2.05, 4.69) is 22.3 Å². The van der Waals surface area contributed by atoms with E-state index in [0.717, 1.165) is 41.6 Å². The van der Waals surface area contributed by atoms with E-state index in [9.17, 15) is 4.79 Å². The summed E-state index contributed by atoms with van der Waals surface area (Å²) in [5, 5.41) is 7.52. The van der Waals surface area contributed by atoms with Gasteiger partial charge in [-0.25, -0.2) is 0 Å². The molecular weight excluding hydrogens is 316 g/mol. The van der Waals surface area contributed by atoms with Crippen molar-refractivity contribution in [1.29, 1.82) is 0 Å². The molecule has 2 aromatic rings. The molecule has 0 aliphatic carbocycles. The molecule has 134 valence electrons. The quantitative estimate of drug-likeness (QED) is 0.928. The van der Waals surface area contributed by atoms with Gasteiger partial charge in [0.1, 0.15) is 5.69 Å². The lowest BCUT2D eigenvalue weighted by Gasteiger charge is -2.37. The van der Waals surface area contributed by atoms with Crippen LogP contribution in [0.5, 0.6) is 0 Å². The van der Waals surface area contributed by atoms with E-state index >= 15 is 0 Å². The van der Waals surface area contributed by atoms with E-state index in [-0.39, 0.29) is 11.4 Å². The molecule has 0 aromatic carbocycles. The first kappa shape index (κ1) is 17.6. The van der Waals surface area contributed by atoms with Gasteiger partial charge < -0.3 is 10.1 Å². The fourth-order valence-electron chi connectivity index (χ4n) is 3.34. The summed E-state index contributed by atoms with van der Waals surface area (Å²) in [7, 11) is 1.92. The molecule has 1 saturated heterocycles. The number of rotatable bonds is 4. The van der Waals surface area contributed by atoms with Crippen molar-refractivity contribution in [1.82, 2.24) is 20.1 Å². The van der Waals surface area contributed by atoms with Gasteiger partial charge in [-0.2, -0.15) is 5.10 Å². The number of amides is 1. The highest BCUT2D eigenvalue weighted by atomic mass is 16.5. The summed E-state index contributed by atoms with van der Waals surface area (Å²) >= 11 is 0. The number of hydrogen-bond acceptors (Lipinski definition) is 4. The largest absolute Gasteiger partial charge is 0.381 e. The highest BCUT2D eigenvalue weighted by Gasteiger charge is 2.33. The molecule has 1 N–H and O–H groups in total. The predicted octanol–water partition coefficient (Wildman–Crippen LogP) is 2.79. The van der Waals surface area contributed by atoms with Crippen LogP contribution in [-0.4, -0.2) is 39.4 Å². The summed E-state index contributed by atoms with van der Waals surface area (Å²) in [6.45, 7) is 7.52. The van der Waals surface area contributed by atoms with Gasteiger partial charge in [-0.1, -0.05) is 6.92 Å². The van der Waals surface area contributed by atoms with E-state index in [4.69, 9.17) is 4.74 Å². The molecule has 25 heavy (non-hydrogen) atoms. The molecule has 1 amide bonds. The van der Waals surface area contributed by atoms with Crippen LogP contribution in [0.3, 0.4) is 0 Å². The number of carbonyl (C=O) groups is 1. The standard InChI is InChI=1S/C19H26N4O2/c1-5-19(6-8-25-9-7-19)22-18(24)17-10-15(13(2)11-20-17)16-12-21-23(4)14(16)3/h10-12H,5-9H2,1-4H3,(H,22,24). The summed E-state index contributed by atoms with van der Waals surface area (Å²) in [4.78, 5) is 17.2. The molecule has 6 heteroatoms. The van der Waals surface area contributed by atoms with Crippen LogP contribution < -0.4 is 5.32 Å². The average Bonchev–Trinajstić information content (AvgIpc) is 2.95. The molecular formula is C19H26N4O2. The van der Waals surface area contributed by atoms with Crippen molar-refractivity contribution in [3.8, 4) is 11.1 Å². The van der Waals surface area contributed by atoms with Crippen LogP contribution in [0.25, 0.3) is 11.1 Å². The smallest absolute Gasteiger partial charge is 0.270 e. The maximum atomic E-state index is 12.8. The Bertz CT molecular complexity index is 776. The lowest BCUT2D eigenvalue weighted by atomic mass is 9.87. The number of aryl methyl sites for hydroxylation is 2. The Hall–Kier alpha value is -2.21. The van der Waals surface area contributed by atoms with Gasteiger partial charge >= 0.3 is 0 Å². The zero-order valence-electron chi connectivity index (χ0n) is 15.4. The van der Waals surface area contributed by atoms with E-state index in [1.54, 1.807) is 6.20 Å². The van der Waals surface area contributed by atoms with Crippen molar-refractivity contribution < 1.29 is 9.53 Å². The predicted molar refractivity (Wildman–Crippen MR) is 96.5 cm³/mol. The summed E-state index contributed by atoms with van der Waals surface area (Å²) in [5.41, 5.74) is 4.39. The maximum Gasteiger partial charge on any atom is 0.270 e. The van der Waals surface area contributed by atoms with Gasteiger partial charge in [0.05, 0.1) is 6.20 Å². The fourth-order valence-corrected chi connectivity index (χ4v) is 3.34. The Morgan fingerprint density at radius 3 is 2.60 bits per heavy atom. The minimum atomic E-state index is -0.188. The van der Waals surface area contributed by atoms with Gasteiger partial charge in [0, 0.05) is 43.3 Å². The van der Waals surface area contributed by atoms with Crippen molar-refractivity contribution in [3.63, 3.8) is 0 Å². The van der Waals surface area contributed by atoms with Gasteiger partial charge in [-0.05, 0) is 50.3 Å². The van der Waals surface area contributed by atoms with Gasteiger partial charge in [0.25, 0.3) is 5.91 Å². The third-order valence-electron chi connectivity index (χ3n) is 5.37. The molecule has 1 fully saturated rings. The fraction of sp³-hybridized carbons (Fsp3) is 0.526. The highest BCUT2D eigenvalue weighted by Crippen LogP contribution is 2.28. The Morgan fingerprint density at radius 2 is 2.00 bits per heavy atom. The van der Waals surface area contributed by atoms with Crippen LogP contribution in [0, 0.1) is 13.8 Å². The lowest BCUT2D eigenvalue weighted by Crippen LogP contribution is -2.51. The number of nitrogens with one attached hydrogen (secondary N) is 1. The Labute approximate surface area is 148 Å². The minimum absolute atomic E-state index is 0.119. The molecule has 0 saturated carbocycles. The van der Waals surface area contributed by atoms with Gasteiger partial charge in [0.15, 0.2) is 0 Å². The third kappa shape index (κ3) is 3.44. The number of aromatic nitrogens is 3. The van der Waals surface area contributed by atoms with Crippen LogP contribution in [0.15, 0.2) is 18.5 Å². The zero-order chi connectivity index (χ0) is 18.0. The summed E-state index contributed by atoms with van der Waals surface area (Å²) in [6, 6.07) is 1.87. The summed E-state index contributed by atoms with van der Waals surface area (Å²) in [5.74, 6) is -0.119. The SMILES string of the molecule is CCC1(NC(=O)c2cc(-c3cnn(C)c3C)c(C)cn2)CCOCC1. The van der Waals surface area contributed by atoms with E-state index in [0.29, 0.717) is 18.9 Å². The first-order chi connectivity index (χ1) is 12.0. The molecule has 3 rings (SSSR count). The summed E-state index contributed by atoms with van der Waals surface area (Å²) in [6.07, 6.45) is 6.18. The zero-order valence-corrected chi connectivity index (χ0v) is 15.4. The second kappa shape index (κ2) is 6.96. The third-order valence-corrected chi connectivity index (χ3v) is 5.37. The van der Waals surface area contributed by atoms with Crippen LogP contribution in [-0.2, 0) is 11.8 Å². The molecule has 6 nitrogen and oxygen atoms in total. The van der Waals surface area contributed by atoms with Crippen molar-refractivity contribution >= 4 is 5.91 Å². The van der Waals surface area contributed by atoms with Crippen LogP contribution >= 0.6 is 0 Å². The molecule has 1 aliphatic rings. The van der Waals surface area contributed by atoms with E-state index in [1.165, 1.54) is 0 Å². The topological polar surface area (TPSA) is 69.0 Å². The monoisotopic (exact) mass is 342 g/mol. The first-order valence-corrected chi connectivity index (χ1v) is 8.81. The van der Waals surface area contributed by atoms with Crippen molar-refractivity contribution in [2.24, 2.45) is 7.05 Å². The Morgan fingerprint density at radius 1 is 1.28 bits per heavy atom. The van der Waals surface area contributed by atoms with Crippen molar-refractivity contribution in [2.75, 3.05) is 13.2 Å². The van der Waals surface area contributed by atoms with Gasteiger partial charge in [-0.15, -0.1) is 0 Å². The molecule has 0 unspecified atom stereocenters. The number of hydrogen-bond donors (Lipinski definition) is 1. The Kier molecular flexibility index (Phi) is 4.90. The lowest BCUT2D eigenvalue weighted by molar-refractivity contribution is 0.0343. The number of ether oxygens (including phenoxy) is 1. The highest BCUT2D eigenvalue weighted by molar-refractivity contribution is 5.94. The van der Waals surface area contributed by atoms with Gasteiger partial charge in [-0.3, -0.25) is 14.5 Å². The number of carbonyl (C=O) groups excluding carboxylic acids is 1. The van der Waals surface area contributed by atoms with Crippen LogP contribution in [0.2, 0.25) is 0 Å². The minimum Gasteiger partial charge on any atom is -0.381 e. The normalized spacial score (nSPS) is 16.6. The summed E-state index contributed by atoms with van der Waals surface area (Å²) < 4.78 is 7.28. The van der Waals surface area contributed by atoms with Crippen LogP contribution in [0.4, 0.5) is 0 Å². The molecule has 0 atom stereocenters. The van der Waals surface area contributed by atoms with Gasteiger partial charge in [0.2, 0.25) is 0 Å². The Balaban J connectivity index is 1.89. The van der Waals surface area contributed by atoms with Crippen molar-refractivity contribution in [3.05, 3.63) is 35.4 Å². The molecule has 0 spiro atoms. The maximum absolute atomic E-state index is 12.8. The second-order valence-electron chi connectivity index (χ2n) is 6.85. The number of pyridine rings is 1. The number of nitrogens with zero attached hydrogens (tertiary/aromatic N) is 3. The van der Waals surface area contributed by atoms with Crippen LogP contribution in [0.1, 0.15) is 47.9 Å². The molecule has 3 heterocycles. The van der Waals surface area contributed by atoms with E-state index < -0.39 is 0 Å². The van der Waals surface area contributed by atoms with Crippen molar-refractivity contribution in [2.45, 2.75) is 45.6 Å². The first-order valence-electron chi connectivity index (χ1n) is 8.81. The second-order valence-corrected chi connectivity index (χ2v) is 6.85. The molecule has 1 aliphatic heterocycles. The molecule has 0 bridgehead atoms. The average molecular weight is 342 g/mol. The van der Waals surface area contributed by atoms with E-state index in [1.807, 2.05) is 37.8 Å². The molecule has 2 aromatic heterocycles.